The fraction of sp³-hybridized carbons (Fsp3) is 0.417. The molecule has 0 radical (unpaired) electrons. The maximum absolute atomic E-state index is 13.8. The molecule has 0 saturated carbocycles. The Hall–Kier alpha value is -0.940. The minimum atomic E-state index is -0.261. The topological polar surface area (TPSA) is 33.6 Å². The lowest BCUT2D eigenvalue weighted by Crippen LogP contribution is -2.34. The van der Waals surface area contributed by atoms with Gasteiger partial charge < -0.3 is 10.1 Å². The van der Waals surface area contributed by atoms with E-state index in [1.54, 1.807) is 6.21 Å². The Morgan fingerprint density at radius 2 is 2.35 bits per heavy atom. The van der Waals surface area contributed by atoms with E-state index < -0.39 is 0 Å². The first-order chi connectivity index (χ1) is 8.24. The molecule has 3 rings (SSSR count). The molecule has 1 fully saturated rings. The smallest absolute Gasteiger partial charge is 0.148 e. The third-order valence-electron chi connectivity index (χ3n) is 3.07. The number of aliphatic imine (C=N–C) groups is 1. The summed E-state index contributed by atoms with van der Waals surface area (Å²) in [7, 11) is 0. The highest BCUT2D eigenvalue weighted by Crippen LogP contribution is 2.29. The number of hydrogen-bond acceptors (Lipinski definition) is 3. The van der Waals surface area contributed by atoms with Crippen molar-refractivity contribution in [1.29, 1.82) is 0 Å². The Morgan fingerprint density at radius 3 is 3.12 bits per heavy atom. The predicted molar refractivity (Wildman–Crippen MR) is 68.1 cm³/mol. The zero-order valence-corrected chi connectivity index (χ0v) is 10.7. The highest BCUT2D eigenvalue weighted by atomic mass is 79.9. The predicted octanol–water partition coefficient (Wildman–Crippen LogP) is 2.94. The monoisotopic (exact) mass is 298 g/mol. The van der Waals surface area contributed by atoms with E-state index in [1.807, 2.05) is 6.07 Å². The third kappa shape index (κ3) is 2.09. The van der Waals surface area contributed by atoms with Crippen LogP contribution in [0.1, 0.15) is 18.4 Å². The zero-order valence-electron chi connectivity index (χ0n) is 9.12. The molecular weight excluding hydrogens is 287 g/mol. The van der Waals surface area contributed by atoms with Crippen molar-refractivity contribution >= 4 is 27.8 Å². The number of nitrogens with zero attached hydrogens (tertiary/aromatic N) is 1. The summed E-state index contributed by atoms with van der Waals surface area (Å²) in [6.07, 6.45) is 3.63. The second kappa shape index (κ2) is 4.38. The van der Waals surface area contributed by atoms with Gasteiger partial charge in [-0.3, -0.25) is 4.99 Å². The summed E-state index contributed by atoms with van der Waals surface area (Å²) in [6, 6.07) is 3.30. The van der Waals surface area contributed by atoms with Crippen LogP contribution in [0.4, 0.5) is 10.1 Å². The molecule has 1 aromatic rings. The zero-order chi connectivity index (χ0) is 11.8. The maximum atomic E-state index is 13.8. The molecule has 1 aromatic carbocycles. The number of nitrogens with one attached hydrogen (secondary N) is 1. The van der Waals surface area contributed by atoms with E-state index in [4.69, 9.17) is 4.74 Å². The third-order valence-corrected chi connectivity index (χ3v) is 3.53. The average Bonchev–Trinajstić information content (AvgIpc) is 2.82. The van der Waals surface area contributed by atoms with E-state index >= 15 is 0 Å². The Kier molecular flexibility index (Phi) is 2.88. The molecule has 0 amide bonds. The summed E-state index contributed by atoms with van der Waals surface area (Å²) in [5, 5.41) is 3.12. The normalized spacial score (nSPS) is 26.7. The summed E-state index contributed by atoms with van der Waals surface area (Å²) in [6.45, 7) is 0.772. The second-order valence-corrected chi connectivity index (χ2v) is 5.19. The molecular formula is C12H12BrFN2O. The molecule has 5 heteroatoms. The van der Waals surface area contributed by atoms with Crippen molar-refractivity contribution in [2.75, 3.05) is 11.9 Å². The first kappa shape index (κ1) is 11.2. The summed E-state index contributed by atoms with van der Waals surface area (Å²) >= 11 is 3.27. The Labute approximate surface area is 107 Å². The fourth-order valence-electron chi connectivity index (χ4n) is 2.23. The molecule has 17 heavy (non-hydrogen) atoms. The first-order valence-corrected chi connectivity index (χ1v) is 6.44. The SMILES string of the molecule is Fc1cc(Br)cc2c1NC(C1CCCO1)N=C2. The Balaban J connectivity index is 1.90. The highest BCUT2D eigenvalue weighted by Gasteiger charge is 2.28. The molecule has 1 N–H and O–H groups in total. The number of anilines is 1. The van der Waals surface area contributed by atoms with Crippen LogP contribution in [0.5, 0.6) is 0 Å². The Morgan fingerprint density at radius 1 is 1.47 bits per heavy atom. The van der Waals surface area contributed by atoms with Crippen LogP contribution >= 0.6 is 15.9 Å². The van der Waals surface area contributed by atoms with Gasteiger partial charge in [-0.1, -0.05) is 15.9 Å². The molecule has 1 saturated heterocycles. The first-order valence-electron chi connectivity index (χ1n) is 5.64. The van der Waals surface area contributed by atoms with Crippen LogP contribution < -0.4 is 5.32 Å². The molecule has 0 aliphatic carbocycles. The number of ether oxygens (including phenoxy) is 1. The lowest BCUT2D eigenvalue weighted by molar-refractivity contribution is 0.0973. The minimum Gasteiger partial charge on any atom is -0.374 e. The number of rotatable bonds is 1. The van der Waals surface area contributed by atoms with Crippen molar-refractivity contribution in [3.63, 3.8) is 0 Å². The highest BCUT2D eigenvalue weighted by molar-refractivity contribution is 9.10. The van der Waals surface area contributed by atoms with E-state index in [2.05, 4.69) is 26.2 Å². The van der Waals surface area contributed by atoms with E-state index in [1.165, 1.54) is 6.07 Å². The van der Waals surface area contributed by atoms with E-state index in [9.17, 15) is 4.39 Å². The lowest BCUT2D eigenvalue weighted by Gasteiger charge is -2.26. The van der Waals surface area contributed by atoms with Gasteiger partial charge in [0.15, 0.2) is 0 Å². The van der Waals surface area contributed by atoms with Crippen LogP contribution in [0.15, 0.2) is 21.6 Å². The van der Waals surface area contributed by atoms with Crippen LogP contribution in [-0.4, -0.2) is 25.1 Å². The second-order valence-electron chi connectivity index (χ2n) is 4.27. The van der Waals surface area contributed by atoms with Crippen molar-refractivity contribution in [2.45, 2.75) is 25.1 Å². The summed E-state index contributed by atoms with van der Waals surface area (Å²) in [4.78, 5) is 4.39. The van der Waals surface area contributed by atoms with Crippen LogP contribution in [0.2, 0.25) is 0 Å². The molecule has 2 heterocycles. The Bertz CT molecular complexity index is 472. The van der Waals surface area contributed by atoms with Crippen molar-refractivity contribution in [3.8, 4) is 0 Å². The molecule has 0 bridgehead atoms. The van der Waals surface area contributed by atoms with Crippen LogP contribution in [-0.2, 0) is 4.74 Å². The van der Waals surface area contributed by atoms with Crippen molar-refractivity contribution < 1.29 is 9.13 Å². The van der Waals surface area contributed by atoms with Gasteiger partial charge >= 0.3 is 0 Å². The molecule has 0 aromatic heterocycles. The number of benzene rings is 1. The number of halogens is 2. The van der Waals surface area contributed by atoms with Gasteiger partial charge in [0.05, 0.1) is 11.8 Å². The standard InChI is InChI=1S/C12H12BrFN2O/c13-8-4-7-6-15-12(10-2-1-3-17-10)16-11(7)9(14)5-8/h4-6,10,12,16H,1-3H2. The summed E-state index contributed by atoms with van der Waals surface area (Å²) in [5.74, 6) is -0.261. The molecule has 2 aliphatic heterocycles. The van der Waals surface area contributed by atoms with Gasteiger partial charge in [0, 0.05) is 22.9 Å². The molecule has 2 unspecified atom stereocenters. The summed E-state index contributed by atoms with van der Waals surface area (Å²) < 4.78 is 20.1. The van der Waals surface area contributed by atoms with E-state index in [-0.39, 0.29) is 18.1 Å². The van der Waals surface area contributed by atoms with Crippen LogP contribution in [0.3, 0.4) is 0 Å². The molecule has 3 nitrogen and oxygen atoms in total. The summed E-state index contributed by atoms with van der Waals surface area (Å²) in [5.41, 5.74) is 1.29. The van der Waals surface area contributed by atoms with Gasteiger partial charge in [0.1, 0.15) is 12.0 Å². The molecule has 0 spiro atoms. The van der Waals surface area contributed by atoms with E-state index in [0.717, 1.165) is 29.5 Å². The number of fused-ring (bicyclic) bond motifs is 1. The average molecular weight is 299 g/mol. The maximum Gasteiger partial charge on any atom is 0.148 e. The van der Waals surface area contributed by atoms with Gasteiger partial charge in [-0.25, -0.2) is 4.39 Å². The minimum absolute atomic E-state index is 0.0578. The lowest BCUT2D eigenvalue weighted by atomic mass is 10.1. The van der Waals surface area contributed by atoms with Gasteiger partial charge in [-0.15, -0.1) is 0 Å². The molecule has 90 valence electrons. The molecule has 2 aliphatic rings. The fourth-order valence-corrected chi connectivity index (χ4v) is 2.68. The molecule has 2 atom stereocenters. The van der Waals surface area contributed by atoms with Crippen LogP contribution in [0.25, 0.3) is 0 Å². The van der Waals surface area contributed by atoms with Gasteiger partial charge in [-0.05, 0) is 25.0 Å². The number of hydrogen-bond donors (Lipinski definition) is 1. The van der Waals surface area contributed by atoms with Gasteiger partial charge in [0.2, 0.25) is 0 Å². The largest absolute Gasteiger partial charge is 0.374 e. The van der Waals surface area contributed by atoms with Gasteiger partial charge in [0.25, 0.3) is 0 Å². The van der Waals surface area contributed by atoms with Crippen molar-refractivity contribution in [3.05, 3.63) is 28.0 Å². The van der Waals surface area contributed by atoms with Crippen molar-refractivity contribution in [2.24, 2.45) is 4.99 Å². The van der Waals surface area contributed by atoms with Gasteiger partial charge in [-0.2, -0.15) is 0 Å². The van der Waals surface area contributed by atoms with E-state index in [0.29, 0.717) is 5.69 Å². The quantitative estimate of drug-likeness (QED) is 0.865. The van der Waals surface area contributed by atoms with Crippen molar-refractivity contribution in [1.82, 2.24) is 0 Å². The van der Waals surface area contributed by atoms with Crippen LogP contribution in [0, 0.1) is 5.82 Å².